The van der Waals surface area contributed by atoms with Crippen molar-refractivity contribution in [1.29, 1.82) is 5.26 Å². The van der Waals surface area contributed by atoms with Gasteiger partial charge in [-0.25, -0.2) is 0 Å². The lowest BCUT2D eigenvalue weighted by Gasteiger charge is -2.04. The highest BCUT2D eigenvalue weighted by Gasteiger charge is 2.06. The van der Waals surface area contributed by atoms with Crippen LogP contribution < -0.4 is 10.6 Å². The third-order valence-electron chi connectivity index (χ3n) is 2.02. The van der Waals surface area contributed by atoms with E-state index in [1.54, 1.807) is 0 Å². The first kappa shape index (κ1) is 16.8. The minimum Gasteiger partial charge on any atom is -0.390 e. The second-order valence-corrected chi connectivity index (χ2v) is 3.85. The first-order valence-electron chi connectivity index (χ1n) is 6.01. The number of ether oxygens (including phenoxy) is 1. The van der Waals surface area contributed by atoms with Gasteiger partial charge in [0, 0.05) is 38.4 Å². The molecule has 0 rings (SSSR count). The zero-order valence-corrected chi connectivity index (χ0v) is 11.4. The summed E-state index contributed by atoms with van der Waals surface area (Å²) in [6, 6.07) is 1.85. The number of hydrogen-bond acceptors (Lipinski definition) is 4. The third-order valence-corrected chi connectivity index (χ3v) is 2.29. The van der Waals surface area contributed by atoms with Crippen LogP contribution in [0, 0.1) is 11.3 Å². The SMILES string of the molecule is CCOCCCN/C=C(/C#N)C(=O)NCCCCl. The van der Waals surface area contributed by atoms with Crippen LogP contribution in [-0.4, -0.2) is 38.1 Å². The zero-order chi connectivity index (χ0) is 13.6. The van der Waals surface area contributed by atoms with Gasteiger partial charge >= 0.3 is 0 Å². The fraction of sp³-hybridized carbons (Fsp3) is 0.667. The number of carbonyl (C=O) groups is 1. The van der Waals surface area contributed by atoms with Gasteiger partial charge in [0.05, 0.1) is 0 Å². The highest BCUT2D eigenvalue weighted by Crippen LogP contribution is 1.91. The van der Waals surface area contributed by atoms with Crippen molar-refractivity contribution in [2.45, 2.75) is 19.8 Å². The minimum absolute atomic E-state index is 0.0704. The van der Waals surface area contributed by atoms with Gasteiger partial charge in [-0.2, -0.15) is 5.26 Å². The summed E-state index contributed by atoms with van der Waals surface area (Å²) in [5.41, 5.74) is 0.0704. The van der Waals surface area contributed by atoms with Crippen LogP contribution in [0.25, 0.3) is 0 Å². The third kappa shape index (κ3) is 8.85. The summed E-state index contributed by atoms with van der Waals surface area (Å²) in [6.07, 6.45) is 2.95. The van der Waals surface area contributed by atoms with Gasteiger partial charge in [-0.1, -0.05) is 0 Å². The van der Waals surface area contributed by atoms with Crippen molar-refractivity contribution in [2.75, 3.05) is 32.2 Å². The minimum atomic E-state index is -0.375. The molecule has 2 N–H and O–H groups in total. The van der Waals surface area contributed by atoms with Gasteiger partial charge in [-0.15, -0.1) is 11.6 Å². The van der Waals surface area contributed by atoms with Gasteiger partial charge in [0.1, 0.15) is 11.6 Å². The Hall–Kier alpha value is -1.25. The number of nitrogens with one attached hydrogen (secondary N) is 2. The Morgan fingerprint density at radius 3 is 2.83 bits per heavy atom. The predicted molar refractivity (Wildman–Crippen MR) is 71.2 cm³/mol. The second kappa shape index (κ2) is 12.2. The van der Waals surface area contributed by atoms with E-state index >= 15 is 0 Å². The van der Waals surface area contributed by atoms with Crippen molar-refractivity contribution in [1.82, 2.24) is 10.6 Å². The second-order valence-electron chi connectivity index (χ2n) is 3.47. The molecular weight excluding hydrogens is 254 g/mol. The van der Waals surface area contributed by atoms with Crippen LogP contribution in [0.5, 0.6) is 0 Å². The van der Waals surface area contributed by atoms with Crippen LogP contribution in [0.15, 0.2) is 11.8 Å². The van der Waals surface area contributed by atoms with Crippen molar-refractivity contribution >= 4 is 17.5 Å². The van der Waals surface area contributed by atoms with Gasteiger partial charge in [0.15, 0.2) is 0 Å². The molecule has 18 heavy (non-hydrogen) atoms. The number of nitriles is 1. The normalized spacial score (nSPS) is 10.8. The van der Waals surface area contributed by atoms with Crippen LogP contribution in [0.4, 0.5) is 0 Å². The smallest absolute Gasteiger partial charge is 0.263 e. The number of halogens is 1. The average molecular weight is 274 g/mol. The van der Waals surface area contributed by atoms with Crippen LogP contribution in [0.1, 0.15) is 19.8 Å². The fourth-order valence-corrected chi connectivity index (χ4v) is 1.24. The Morgan fingerprint density at radius 2 is 2.22 bits per heavy atom. The molecule has 0 atom stereocenters. The van der Waals surface area contributed by atoms with E-state index < -0.39 is 0 Å². The fourth-order valence-electron chi connectivity index (χ4n) is 1.11. The van der Waals surface area contributed by atoms with Gasteiger partial charge in [0.25, 0.3) is 5.91 Å². The molecule has 102 valence electrons. The van der Waals surface area contributed by atoms with Crippen molar-refractivity contribution < 1.29 is 9.53 Å². The van der Waals surface area contributed by atoms with E-state index in [9.17, 15) is 4.79 Å². The summed E-state index contributed by atoms with van der Waals surface area (Å²) < 4.78 is 5.16. The molecule has 0 aliphatic heterocycles. The molecule has 0 unspecified atom stereocenters. The molecule has 0 aliphatic carbocycles. The molecule has 0 saturated carbocycles. The summed E-state index contributed by atoms with van der Waals surface area (Å²) in [5.74, 6) is 0.113. The Kier molecular flexibility index (Phi) is 11.4. The highest BCUT2D eigenvalue weighted by atomic mass is 35.5. The molecule has 0 aromatic rings. The molecule has 0 heterocycles. The van der Waals surface area contributed by atoms with Gasteiger partial charge in [0.2, 0.25) is 0 Å². The lowest BCUT2D eigenvalue weighted by atomic mass is 10.3. The lowest BCUT2D eigenvalue weighted by molar-refractivity contribution is -0.117. The number of carbonyl (C=O) groups excluding carboxylic acids is 1. The van der Waals surface area contributed by atoms with Crippen molar-refractivity contribution in [3.8, 4) is 6.07 Å². The van der Waals surface area contributed by atoms with E-state index in [2.05, 4.69) is 10.6 Å². The summed E-state index contributed by atoms with van der Waals surface area (Å²) in [4.78, 5) is 11.5. The largest absolute Gasteiger partial charge is 0.390 e. The van der Waals surface area contributed by atoms with Crippen molar-refractivity contribution in [2.24, 2.45) is 0 Å². The molecule has 0 fully saturated rings. The predicted octanol–water partition coefficient (Wildman–Crippen LogP) is 1.16. The summed E-state index contributed by atoms with van der Waals surface area (Å²) >= 11 is 5.49. The Labute approximate surface area is 113 Å². The molecule has 6 heteroatoms. The first-order valence-corrected chi connectivity index (χ1v) is 6.55. The van der Waals surface area contributed by atoms with Crippen LogP contribution in [0.2, 0.25) is 0 Å². The number of amides is 1. The lowest BCUT2D eigenvalue weighted by Crippen LogP contribution is -2.27. The Morgan fingerprint density at radius 1 is 1.44 bits per heavy atom. The number of rotatable bonds is 10. The monoisotopic (exact) mass is 273 g/mol. The maximum Gasteiger partial charge on any atom is 0.263 e. The maximum absolute atomic E-state index is 11.5. The van der Waals surface area contributed by atoms with Gasteiger partial charge < -0.3 is 15.4 Å². The molecule has 0 aromatic carbocycles. The van der Waals surface area contributed by atoms with E-state index in [0.29, 0.717) is 38.6 Å². The Balaban J connectivity index is 3.85. The molecule has 1 amide bonds. The van der Waals surface area contributed by atoms with E-state index in [1.807, 2.05) is 13.0 Å². The molecule has 0 radical (unpaired) electrons. The van der Waals surface area contributed by atoms with E-state index in [-0.39, 0.29) is 11.5 Å². The van der Waals surface area contributed by atoms with Crippen molar-refractivity contribution in [3.63, 3.8) is 0 Å². The highest BCUT2D eigenvalue weighted by molar-refractivity contribution is 6.17. The topological polar surface area (TPSA) is 74.1 Å². The van der Waals surface area contributed by atoms with Gasteiger partial charge in [-0.3, -0.25) is 4.79 Å². The average Bonchev–Trinajstić information content (AvgIpc) is 2.38. The molecular formula is C12H20ClN3O2. The molecule has 0 saturated heterocycles. The van der Waals surface area contributed by atoms with Crippen LogP contribution >= 0.6 is 11.6 Å². The molecule has 0 spiro atoms. The van der Waals surface area contributed by atoms with E-state index in [1.165, 1.54) is 6.20 Å². The van der Waals surface area contributed by atoms with Gasteiger partial charge in [-0.05, 0) is 19.8 Å². The maximum atomic E-state index is 11.5. The number of nitrogens with zero attached hydrogens (tertiary/aromatic N) is 1. The molecule has 0 aromatic heterocycles. The first-order chi connectivity index (χ1) is 8.76. The van der Waals surface area contributed by atoms with Crippen LogP contribution in [0.3, 0.4) is 0 Å². The summed E-state index contributed by atoms with van der Waals surface area (Å²) in [6.45, 7) is 4.45. The molecule has 5 nitrogen and oxygen atoms in total. The number of alkyl halides is 1. The molecule has 0 bridgehead atoms. The quantitative estimate of drug-likeness (QED) is 0.271. The van der Waals surface area contributed by atoms with E-state index in [4.69, 9.17) is 21.6 Å². The Bertz CT molecular complexity index is 300. The summed E-state index contributed by atoms with van der Waals surface area (Å²) in [5, 5.41) is 14.4. The zero-order valence-electron chi connectivity index (χ0n) is 10.7. The van der Waals surface area contributed by atoms with Crippen molar-refractivity contribution in [3.05, 3.63) is 11.8 Å². The molecule has 0 aliphatic rings. The van der Waals surface area contributed by atoms with E-state index in [0.717, 1.165) is 6.42 Å². The number of hydrogen-bond donors (Lipinski definition) is 2. The summed E-state index contributed by atoms with van der Waals surface area (Å²) in [7, 11) is 0. The standard InChI is InChI=1S/C12H20ClN3O2/c1-2-18-8-4-6-15-10-11(9-14)12(17)16-7-3-5-13/h10,15H,2-8H2,1H3,(H,16,17)/b11-10-. The van der Waals surface area contributed by atoms with Crippen LogP contribution in [-0.2, 0) is 9.53 Å².